The zero-order valence-electron chi connectivity index (χ0n) is 22.1. The summed E-state index contributed by atoms with van der Waals surface area (Å²) in [5.74, 6) is 2.07. The van der Waals surface area contributed by atoms with Gasteiger partial charge in [-0.2, -0.15) is 5.10 Å². The average molecular weight is 511 g/mol. The van der Waals surface area contributed by atoms with Crippen molar-refractivity contribution in [2.75, 3.05) is 26.2 Å². The molecule has 3 aromatic heterocycles. The Kier molecular flexibility index (Phi) is 7.08. The van der Waals surface area contributed by atoms with E-state index >= 15 is 0 Å². The molecule has 0 atom stereocenters. The van der Waals surface area contributed by atoms with Crippen molar-refractivity contribution in [3.05, 3.63) is 79.0 Å². The molecule has 0 unspecified atom stereocenters. The van der Waals surface area contributed by atoms with Crippen molar-refractivity contribution in [2.24, 2.45) is 0 Å². The van der Waals surface area contributed by atoms with Gasteiger partial charge in [-0.1, -0.05) is 0 Å². The number of aromatic nitrogens is 5. The van der Waals surface area contributed by atoms with Crippen LogP contribution in [0.1, 0.15) is 25.6 Å². The summed E-state index contributed by atoms with van der Waals surface area (Å²) in [7, 11) is 4.92. The van der Waals surface area contributed by atoms with E-state index in [0.717, 1.165) is 39.4 Å². The first-order valence-electron chi connectivity index (χ1n) is 12.3. The van der Waals surface area contributed by atoms with Crippen molar-refractivity contribution in [3.8, 4) is 28.5 Å². The van der Waals surface area contributed by atoms with E-state index in [1.54, 1.807) is 33.7 Å². The Labute approximate surface area is 221 Å². The summed E-state index contributed by atoms with van der Waals surface area (Å²) in [5, 5.41) is 4.45. The third-order valence-corrected chi connectivity index (χ3v) is 6.29. The van der Waals surface area contributed by atoms with Crippen LogP contribution < -0.4 is 19.1 Å². The zero-order valence-corrected chi connectivity index (χ0v) is 22.1. The molecule has 0 fully saturated rings. The molecule has 0 amide bonds. The van der Waals surface area contributed by atoms with E-state index in [1.807, 2.05) is 65.6 Å². The molecule has 0 saturated heterocycles. The number of rotatable bonds is 9. The Bertz CT molecular complexity index is 1540. The lowest BCUT2D eigenvalue weighted by atomic mass is 10.1. The Morgan fingerprint density at radius 1 is 0.842 bits per heavy atom. The maximum Gasteiger partial charge on any atom is 0.142 e. The van der Waals surface area contributed by atoms with E-state index in [2.05, 4.69) is 33.8 Å². The van der Waals surface area contributed by atoms with E-state index in [0.29, 0.717) is 23.8 Å². The van der Waals surface area contributed by atoms with Gasteiger partial charge >= 0.3 is 0 Å². The lowest BCUT2D eigenvalue weighted by Gasteiger charge is -2.26. The van der Waals surface area contributed by atoms with Crippen LogP contribution in [0.4, 0.5) is 11.4 Å². The number of hydrogen-bond acceptors (Lipinski definition) is 8. The predicted octanol–water partition coefficient (Wildman–Crippen LogP) is 5.83. The van der Waals surface area contributed by atoms with E-state index in [9.17, 15) is 0 Å². The van der Waals surface area contributed by atoms with E-state index < -0.39 is 0 Å². The summed E-state index contributed by atoms with van der Waals surface area (Å²) in [6, 6.07) is 15.8. The van der Waals surface area contributed by atoms with Crippen molar-refractivity contribution in [1.82, 2.24) is 24.7 Å². The van der Waals surface area contributed by atoms with Gasteiger partial charge in [-0.3, -0.25) is 14.6 Å². The van der Waals surface area contributed by atoms with Crippen LogP contribution in [0.3, 0.4) is 0 Å². The fourth-order valence-electron chi connectivity index (χ4n) is 4.22. The fraction of sp³-hybridized carbons (Fsp3) is 0.241. The van der Waals surface area contributed by atoms with Gasteiger partial charge in [0.15, 0.2) is 0 Å². The van der Waals surface area contributed by atoms with Gasteiger partial charge < -0.3 is 19.1 Å². The van der Waals surface area contributed by atoms with Gasteiger partial charge in [0.1, 0.15) is 22.9 Å². The zero-order chi connectivity index (χ0) is 26.6. The smallest absolute Gasteiger partial charge is 0.142 e. The Morgan fingerprint density at radius 2 is 1.63 bits per heavy atom. The molecule has 38 heavy (non-hydrogen) atoms. The van der Waals surface area contributed by atoms with Gasteiger partial charge in [-0.25, -0.2) is 4.98 Å². The number of pyridine rings is 1. The molecule has 0 aliphatic carbocycles. The highest BCUT2D eigenvalue weighted by Gasteiger charge is 2.18. The molecular weight excluding hydrogens is 480 g/mol. The average Bonchev–Trinajstić information content (AvgIpc) is 3.46. The van der Waals surface area contributed by atoms with E-state index in [-0.39, 0.29) is 6.04 Å². The number of fused-ring (bicyclic) bond motifs is 1. The van der Waals surface area contributed by atoms with Crippen LogP contribution in [-0.4, -0.2) is 46.1 Å². The lowest BCUT2D eigenvalue weighted by molar-refractivity contribution is 0.394. The highest BCUT2D eigenvalue weighted by atomic mass is 16.5. The second-order valence-electron chi connectivity index (χ2n) is 9.04. The number of methoxy groups -OCH3 is 3. The molecule has 0 spiro atoms. The van der Waals surface area contributed by atoms with Crippen molar-refractivity contribution in [1.29, 1.82) is 0 Å². The van der Waals surface area contributed by atoms with Crippen LogP contribution in [0.15, 0.2) is 73.3 Å². The maximum absolute atomic E-state index is 5.59. The van der Waals surface area contributed by atoms with E-state index in [4.69, 9.17) is 19.2 Å². The molecule has 2 aromatic carbocycles. The summed E-state index contributed by atoms with van der Waals surface area (Å²) in [4.78, 5) is 16.3. The molecule has 9 nitrogen and oxygen atoms in total. The number of benzene rings is 2. The monoisotopic (exact) mass is 510 g/mol. The predicted molar refractivity (Wildman–Crippen MR) is 147 cm³/mol. The van der Waals surface area contributed by atoms with Crippen LogP contribution >= 0.6 is 0 Å². The highest BCUT2D eigenvalue weighted by Crippen LogP contribution is 2.36. The molecule has 5 aromatic rings. The second kappa shape index (κ2) is 10.8. The number of hydrogen-bond donors (Lipinski definition) is 0. The first-order chi connectivity index (χ1) is 18.5. The molecule has 9 heteroatoms. The summed E-state index contributed by atoms with van der Waals surface area (Å²) in [5.41, 5.74) is 5.82. The van der Waals surface area contributed by atoms with Gasteiger partial charge in [0.05, 0.1) is 57.0 Å². The van der Waals surface area contributed by atoms with Crippen molar-refractivity contribution < 1.29 is 14.2 Å². The van der Waals surface area contributed by atoms with Gasteiger partial charge in [-0.15, -0.1) is 0 Å². The number of nitrogens with zero attached hydrogens (tertiary/aromatic N) is 6. The molecule has 0 radical (unpaired) electrons. The van der Waals surface area contributed by atoms with Crippen molar-refractivity contribution in [3.63, 3.8) is 0 Å². The van der Waals surface area contributed by atoms with Crippen molar-refractivity contribution in [2.45, 2.75) is 26.4 Å². The Hall–Kier alpha value is -4.66. The Morgan fingerprint density at radius 3 is 2.32 bits per heavy atom. The van der Waals surface area contributed by atoms with Gasteiger partial charge in [-0.05, 0) is 44.2 Å². The summed E-state index contributed by atoms with van der Waals surface area (Å²) in [6.45, 7) is 4.63. The molecule has 3 heterocycles. The fourth-order valence-corrected chi connectivity index (χ4v) is 4.22. The molecule has 0 N–H and O–H groups in total. The van der Waals surface area contributed by atoms with Crippen LogP contribution in [-0.2, 0) is 6.54 Å². The van der Waals surface area contributed by atoms with Crippen LogP contribution in [0.25, 0.3) is 22.3 Å². The van der Waals surface area contributed by atoms with E-state index in [1.165, 1.54) is 0 Å². The van der Waals surface area contributed by atoms with Crippen LogP contribution in [0.5, 0.6) is 17.2 Å². The first-order valence-corrected chi connectivity index (χ1v) is 12.3. The topological polar surface area (TPSA) is 87.4 Å². The summed E-state index contributed by atoms with van der Waals surface area (Å²) < 4.78 is 18.6. The van der Waals surface area contributed by atoms with Gasteiger partial charge in [0.2, 0.25) is 0 Å². The standard InChI is InChI=1S/C29H30N6O3/c1-19(2)35-17-20(15-32-35)27-16-31-25-9-8-21(13-26(25)33-27)34(18-28-29(38-5)7-6-10-30-28)22-11-23(36-3)14-24(12-22)37-4/h6-17,19H,18H2,1-5H3. The molecule has 0 bridgehead atoms. The highest BCUT2D eigenvalue weighted by molar-refractivity contribution is 5.82. The number of anilines is 2. The SMILES string of the molecule is COc1cc(OC)cc(N(Cc2ncccc2OC)c2ccc3ncc(-c4cnn(C(C)C)c4)nc3c2)c1. The minimum atomic E-state index is 0.265. The molecule has 0 aliphatic rings. The number of ether oxygens (including phenoxy) is 3. The quantitative estimate of drug-likeness (QED) is 0.245. The van der Waals surface area contributed by atoms with Crippen LogP contribution in [0, 0.1) is 0 Å². The third kappa shape index (κ3) is 5.08. The second-order valence-corrected chi connectivity index (χ2v) is 9.04. The third-order valence-electron chi connectivity index (χ3n) is 6.29. The van der Waals surface area contributed by atoms with Crippen LogP contribution in [0.2, 0.25) is 0 Å². The molecule has 5 rings (SSSR count). The lowest BCUT2D eigenvalue weighted by Crippen LogP contribution is -2.18. The minimum Gasteiger partial charge on any atom is -0.497 e. The van der Waals surface area contributed by atoms with Crippen molar-refractivity contribution >= 4 is 22.4 Å². The molecular formula is C29H30N6O3. The molecule has 0 aliphatic heterocycles. The summed E-state index contributed by atoms with van der Waals surface area (Å²) >= 11 is 0. The Balaban J connectivity index is 1.62. The maximum atomic E-state index is 5.59. The normalized spacial score (nSPS) is 11.1. The largest absolute Gasteiger partial charge is 0.497 e. The van der Waals surface area contributed by atoms with Gasteiger partial charge in [0, 0.05) is 53.6 Å². The molecule has 0 saturated carbocycles. The molecule has 194 valence electrons. The first kappa shape index (κ1) is 25.0. The van der Waals surface area contributed by atoms with Gasteiger partial charge in [0.25, 0.3) is 0 Å². The summed E-state index contributed by atoms with van der Waals surface area (Å²) in [6.07, 6.45) is 7.36. The minimum absolute atomic E-state index is 0.265.